The zero-order chi connectivity index (χ0) is 17.3. The quantitative estimate of drug-likeness (QED) is 0.872. The number of halogens is 3. The van der Waals surface area contributed by atoms with Crippen LogP contribution in [0.1, 0.15) is 29.0 Å². The number of piperidine rings is 1. The van der Waals surface area contributed by atoms with E-state index in [1.54, 1.807) is 17.9 Å². The van der Waals surface area contributed by atoms with Crippen molar-refractivity contribution < 1.29 is 13.7 Å². The number of amides is 1. The van der Waals surface area contributed by atoms with E-state index in [2.05, 4.69) is 10.5 Å². The molecule has 0 unspecified atom stereocenters. The van der Waals surface area contributed by atoms with E-state index in [1.165, 1.54) is 12.1 Å². The lowest BCUT2D eigenvalue weighted by Crippen LogP contribution is -2.44. The van der Waals surface area contributed by atoms with Crippen molar-refractivity contribution in [1.29, 1.82) is 0 Å². The highest BCUT2D eigenvalue weighted by Crippen LogP contribution is 2.34. The molecule has 0 atom stereocenters. The molecule has 8 heteroatoms. The van der Waals surface area contributed by atoms with Crippen LogP contribution in [0.3, 0.4) is 0 Å². The van der Waals surface area contributed by atoms with Gasteiger partial charge in [-0.25, -0.2) is 4.39 Å². The predicted octanol–water partition coefficient (Wildman–Crippen LogP) is 3.69. The molecule has 0 spiro atoms. The van der Waals surface area contributed by atoms with Crippen molar-refractivity contribution in [2.24, 2.45) is 0 Å². The van der Waals surface area contributed by atoms with E-state index in [0.29, 0.717) is 24.9 Å². The number of likely N-dealkylation sites (tertiary alicyclic amines) is 1. The Labute approximate surface area is 156 Å². The van der Waals surface area contributed by atoms with Crippen molar-refractivity contribution in [1.82, 2.24) is 15.4 Å². The highest BCUT2D eigenvalue weighted by molar-refractivity contribution is 6.33. The lowest BCUT2D eigenvalue weighted by atomic mass is 10.0. The molecule has 0 saturated carbocycles. The second-order valence-electron chi connectivity index (χ2n) is 5.91. The molecule has 1 aromatic carbocycles. The fourth-order valence-corrected chi connectivity index (χ4v) is 3.30. The summed E-state index contributed by atoms with van der Waals surface area (Å²) in [4.78, 5) is 14.7. The van der Waals surface area contributed by atoms with Gasteiger partial charge in [-0.05, 0) is 38.9 Å². The van der Waals surface area contributed by atoms with Crippen molar-refractivity contribution in [2.45, 2.75) is 25.8 Å². The Kier molecular flexibility index (Phi) is 6.43. The maximum absolute atomic E-state index is 14.2. The van der Waals surface area contributed by atoms with E-state index in [0.717, 1.165) is 12.8 Å². The fourth-order valence-electron chi connectivity index (χ4n) is 3.05. The number of hydrogen-bond acceptors (Lipinski definition) is 4. The number of nitrogens with one attached hydrogen (secondary N) is 1. The van der Waals surface area contributed by atoms with Crippen molar-refractivity contribution in [2.75, 3.05) is 20.1 Å². The molecular weight excluding hydrogens is 368 g/mol. The average Bonchev–Trinajstić information content (AvgIpc) is 2.95. The van der Waals surface area contributed by atoms with Gasteiger partial charge < -0.3 is 14.7 Å². The van der Waals surface area contributed by atoms with Crippen LogP contribution in [-0.4, -0.2) is 42.1 Å². The molecule has 1 saturated heterocycles. The Balaban J connectivity index is 0.00000225. The Bertz CT molecular complexity index is 738. The highest BCUT2D eigenvalue weighted by atomic mass is 35.5. The molecule has 5 nitrogen and oxygen atoms in total. The summed E-state index contributed by atoms with van der Waals surface area (Å²) in [6.07, 6.45) is 1.75. The predicted molar refractivity (Wildman–Crippen MR) is 96.9 cm³/mol. The van der Waals surface area contributed by atoms with Crippen LogP contribution in [-0.2, 0) is 0 Å². The van der Waals surface area contributed by atoms with Crippen molar-refractivity contribution in [3.8, 4) is 11.3 Å². The van der Waals surface area contributed by atoms with Gasteiger partial charge in [-0.3, -0.25) is 4.79 Å². The van der Waals surface area contributed by atoms with Gasteiger partial charge in [-0.2, -0.15) is 0 Å². The van der Waals surface area contributed by atoms with Crippen LogP contribution in [0.5, 0.6) is 0 Å². The van der Waals surface area contributed by atoms with Crippen LogP contribution in [0.2, 0.25) is 5.02 Å². The molecule has 1 aliphatic rings. The van der Waals surface area contributed by atoms with Crippen LogP contribution in [0.4, 0.5) is 4.39 Å². The minimum absolute atomic E-state index is 0. The van der Waals surface area contributed by atoms with Crippen LogP contribution >= 0.6 is 24.0 Å². The number of hydrogen-bond donors (Lipinski definition) is 1. The topological polar surface area (TPSA) is 58.4 Å². The lowest BCUT2D eigenvalue weighted by molar-refractivity contribution is 0.0706. The van der Waals surface area contributed by atoms with Crippen LogP contribution in [0.25, 0.3) is 11.3 Å². The second kappa shape index (κ2) is 8.17. The molecule has 2 aromatic rings. The van der Waals surface area contributed by atoms with E-state index in [4.69, 9.17) is 16.1 Å². The summed E-state index contributed by atoms with van der Waals surface area (Å²) >= 11 is 6.12. The first-order valence-electron chi connectivity index (χ1n) is 7.90. The summed E-state index contributed by atoms with van der Waals surface area (Å²) in [7, 11) is 1.92. The van der Waals surface area contributed by atoms with E-state index in [9.17, 15) is 9.18 Å². The van der Waals surface area contributed by atoms with E-state index in [1.807, 2.05) is 7.05 Å². The first-order chi connectivity index (χ1) is 11.5. The minimum atomic E-state index is -0.529. The van der Waals surface area contributed by atoms with Crippen LogP contribution in [0, 0.1) is 12.7 Å². The van der Waals surface area contributed by atoms with Gasteiger partial charge in [0.25, 0.3) is 5.91 Å². The number of carbonyl (C=O) groups excluding carboxylic acids is 1. The van der Waals surface area contributed by atoms with Crippen molar-refractivity contribution in [3.05, 3.63) is 40.4 Å². The van der Waals surface area contributed by atoms with Crippen molar-refractivity contribution >= 4 is 29.9 Å². The van der Waals surface area contributed by atoms with Crippen LogP contribution in [0.15, 0.2) is 22.7 Å². The average molecular weight is 388 g/mol. The molecule has 0 aliphatic carbocycles. The van der Waals surface area contributed by atoms with Gasteiger partial charge in [0.2, 0.25) is 0 Å². The molecule has 1 aliphatic heterocycles. The first kappa shape index (κ1) is 19.7. The van der Waals surface area contributed by atoms with Gasteiger partial charge in [0, 0.05) is 19.1 Å². The summed E-state index contributed by atoms with van der Waals surface area (Å²) in [6, 6.07) is 4.78. The zero-order valence-electron chi connectivity index (χ0n) is 14.0. The summed E-state index contributed by atoms with van der Waals surface area (Å²) in [5.74, 6) is -0.360. The summed E-state index contributed by atoms with van der Waals surface area (Å²) in [5.41, 5.74) is 0.547. The third kappa shape index (κ3) is 3.81. The highest BCUT2D eigenvalue weighted by Gasteiger charge is 2.30. The molecular formula is C17H20Cl2FN3O2. The third-order valence-corrected chi connectivity index (χ3v) is 4.78. The first-order valence-corrected chi connectivity index (χ1v) is 8.28. The molecule has 1 fully saturated rings. The van der Waals surface area contributed by atoms with Gasteiger partial charge in [-0.15, -0.1) is 12.4 Å². The Morgan fingerprint density at radius 2 is 2.08 bits per heavy atom. The van der Waals surface area contributed by atoms with E-state index < -0.39 is 5.82 Å². The molecule has 0 bridgehead atoms. The Morgan fingerprint density at radius 3 is 2.68 bits per heavy atom. The lowest BCUT2D eigenvalue weighted by Gasteiger charge is -2.31. The monoisotopic (exact) mass is 387 g/mol. The smallest absolute Gasteiger partial charge is 0.259 e. The van der Waals surface area contributed by atoms with Gasteiger partial charge in [-0.1, -0.05) is 22.8 Å². The molecule has 1 N–H and O–H groups in total. The normalized spacial score (nSPS) is 15.1. The number of nitrogens with zero attached hydrogens (tertiary/aromatic N) is 2. The van der Waals surface area contributed by atoms with Gasteiger partial charge in [0.05, 0.1) is 10.6 Å². The van der Waals surface area contributed by atoms with E-state index >= 15 is 0 Å². The van der Waals surface area contributed by atoms with Crippen LogP contribution < -0.4 is 5.32 Å². The zero-order valence-corrected chi connectivity index (χ0v) is 15.6. The third-order valence-electron chi connectivity index (χ3n) is 4.47. The Hall–Kier alpha value is -1.63. The Morgan fingerprint density at radius 1 is 1.40 bits per heavy atom. The second-order valence-corrected chi connectivity index (χ2v) is 6.32. The standard InChI is InChI=1S/C17H19ClFN3O2.ClH/c1-10-14(17(23)22-8-6-11(20-2)7-9-22)16(21-24-10)15-12(18)4-3-5-13(15)19;/h3-5,11,20H,6-9H2,1-2H3;1H. The molecule has 1 aromatic heterocycles. The molecule has 2 heterocycles. The molecule has 25 heavy (non-hydrogen) atoms. The molecule has 3 rings (SSSR count). The summed E-state index contributed by atoms with van der Waals surface area (Å²) < 4.78 is 19.4. The fraction of sp³-hybridized carbons (Fsp3) is 0.412. The van der Waals surface area contributed by atoms with Gasteiger partial charge in [0.15, 0.2) is 0 Å². The summed E-state index contributed by atoms with van der Waals surface area (Å²) in [5, 5.41) is 7.32. The number of aryl methyl sites for hydroxylation is 1. The molecule has 1 amide bonds. The number of benzene rings is 1. The molecule has 136 valence electrons. The number of rotatable bonds is 3. The molecule has 0 radical (unpaired) electrons. The maximum Gasteiger partial charge on any atom is 0.259 e. The number of carbonyl (C=O) groups is 1. The minimum Gasteiger partial charge on any atom is -0.360 e. The number of aromatic nitrogens is 1. The van der Waals surface area contributed by atoms with Gasteiger partial charge in [0.1, 0.15) is 22.8 Å². The maximum atomic E-state index is 14.2. The van der Waals surface area contributed by atoms with Gasteiger partial charge >= 0.3 is 0 Å². The largest absolute Gasteiger partial charge is 0.360 e. The summed E-state index contributed by atoms with van der Waals surface area (Å²) in [6.45, 7) is 2.93. The van der Waals surface area contributed by atoms with E-state index in [-0.39, 0.29) is 40.2 Å². The van der Waals surface area contributed by atoms with Crippen molar-refractivity contribution in [3.63, 3.8) is 0 Å². The SMILES string of the molecule is CNC1CCN(C(=O)c2c(-c3c(F)cccc3Cl)noc2C)CC1.Cl.